The van der Waals surface area contributed by atoms with E-state index in [1.54, 1.807) is 0 Å². The van der Waals surface area contributed by atoms with Gasteiger partial charge in [-0.15, -0.1) is 13.2 Å². The summed E-state index contributed by atoms with van der Waals surface area (Å²) < 4.78 is 40.1. The highest BCUT2D eigenvalue weighted by Gasteiger charge is 2.31. The average Bonchev–Trinajstić information content (AvgIpc) is 2.21. The monoisotopic (exact) mass is 342 g/mol. The van der Waals surface area contributed by atoms with Gasteiger partial charge in [-0.25, -0.2) is 0 Å². The minimum atomic E-state index is -4.71. The van der Waals surface area contributed by atoms with E-state index >= 15 is 0 Å². The fourth-order valence-electron chi connectivity index (χ4n) is 1.12. The second-order valence-electron chi connectivity index (χ2n) is 3.18. The summed E-state index contributed by atoms with van der Waals surface area (Å²) >= 11 is 7.95. The van der Waals surface area contributed by atoms with Crippen LogP contribution in [0.4, 0.5) is 18.9 Å². The predicted octanol–water partition coefficient (Wildman–Crippen LogP) is 3.65. The van der Waals surface area contributed by atoms with Crippen LogP contribution in [0.2, 0.25) is 0 Å². The maximum atomic E-state index is 12.0. The first kappa shape index (κ1) is 15.0. The van der Waals surface area contributed by atoms with E-state index in [9.17, 15) is 13.2 Å². The number of benzene rings is 1. The van der Waals surface area contributed by atoms with Crippen molar-refractivity contribution >= 4 is 38.9 Å². The van der Waals surface area contributed by atoms with E-state index in [-0.39, 0.29) is 10.2 Å². The number of thiocarbonyl (C=S) groups is 1. The zero-order valence-corrected chi connectivity index (χ0v) is 11.7. The molecular weight excluding hydrogens is 333 g/mol. The fourth-order valence-corrected chi connectivity index (χ4v) is 1.84. The van der Waals surface area contributed by atoms with Gasteiger partial charge in [0, 0.05) is 12.2 Å². The Hall–Kier alpha value is -1.02. The second kappa shape index (κ2) is 6.24. The highest BCUT2D eigenvalue weighted by molar-refractivity contribution is 9.10. The van der Waals surface area contributed by atoms with Crippen molar-refractivity contribution in [2.75, 3.05) is 11.9 Å². The van der Waals surface area contributed by atoms with Gasteiger partial charge in [0.15, 0.2) is 5.11 Å². The van der Waals surface area contributed by atoms with Gasteiger partial charge in [0.1, 0.15) is 5.75 Å². The lowest BCUT2D eigenvalue weighted by atomic mass is 10.3. The number of ether oxygens (including phenoxy) is 1. The minimum absolute atomic E-state index is 0.184. The van der Waals surface area contributed by atoms with Crippen LogP contribution in [0.5, 0.6) is 5.75 Å². The van der Waals surface area contributed by atoms with Crippen molar-refractivity contribution in [2.45, 2.75) is 13.3 Å². The molecule has 0 bridgehead atoms. The summed E-state index contributed by atoms with van der Waals surface area (Å²) in [6, 6.07) is 4.09. The van der Waals surface area contributed by atoms with Gasteiger partial charge in [-0.05, 0) is 53.3 Å². The fraction of sp³-hybridized carbons (Fsp3) is 0.300. The summed E-state index contributed by atoms with van der Waals surface area (Å²) in [6.07, 6.45) is -4.71. The van der Waals surface area contributed by atoms with Crippen molar-refractivity contribution in [3.63, 3.8) is 0 Å². The summed E-state index contributed by atoms with van der Waals surface area (Å²) in [7, 11) is 0. The molecule has 18 heavy (non-hydrogen) atoms. The summed E-state index contributed by atoms with van der Waals surface area (Å²) in [5.41, 5.74) is 0.558. The molecule has 0 radical (unpaired) electrons. The van der Waals surface area contributed by atoms with E-state index in [1.807, 2.05) is 6.92 Å². The lowest BCUT2D eigenvalue weighted by molar-refractivity contribution is -0.274. The zero-order valence-electron chi connectivity index (χ0n) is 9.27. The van der Waals surface area contributed by atoms with Gasteiger partial charge in [-0.1, -0.05) is 0 Å². The summed E-state index contributed by atoms with van der Waals surface area (Å²) in [5.74, 6) is -0.303. The molecule has 100 valence electrons. The second-order valence-corrected chi connectivity index (χ2v) is 4.44. The lowest BCUT2D eigenvalue weighted by Gasteiger charge is -2.13. The van der Waals surface area contributed by atoms with E-state index in [1.165, 1.54) is 18.2 Å². The molecule has 0 spiro atoms. The molecule has 8 heteroatoms. The van der Waals surface area contributed by atoms with E-state index in [4.69, 9.17) is 12.2 Å². The molecule has 3 nitrogen and oxygen atoms in total. The summed E-state index contributed by atoms with van der Waals surface area (Å²) in [4.78, 5) is 0. The van der Waals surface area contributed by atoms with E-state index in [0.29, 0.717) is 17.3 Å². The number of nitrogens with one attached hydrogen (secondary N) is 2. The topological polar surface area (TPSA) is 33.3 Å². The first-order valence-electron chi connectivity index (χ1n) is 4.92. The van der Waals surface area contributed by atoms with Gasteiger partial charge in [0.2, 0.25) is 0 Å². The molecule has 0 saturated carbocycles. The lowest BCUT2D eigenvalue weighted by Crippen LogP contribution is -2.27. The zero-order chi connectivity index (χ0) is 13.8. The van der Waals surface area contributed by atoms with Crippen LogP contribution >= 0.6 is 28.1 Å². The Morgan fingerprint density at radius 3 is 2.61 bits per heavy atom. The standard InChI is InChI=1S/C10H10BrF3N2OS/c1-2-15-9(18)16-6-3-4-8(7(11)5-6)17-10(12,13)14/h3-5H,2H2,1H3,(H2,15,16,18). The molecule has 0 aromatic heterocycles. The van der Waals surface area contributed by atoms with Crippen LogP contribution in [-0.2, 0) is 0 Å². The molecule has 0 saturated heterocycles. The van der Waals surface area contributed by atoms with Gasteiger partial charge < -0.3 is 15.4 Å². The molecule has 1 aromatic carbocycles. The molecule has 0 atom stereocenters. The molecule has 0 aliphatic heterocycles. The Labute approximate surface area is 116 Å². The number of rotatable bonds is 3. The van der Waals surface area contributed by atoms with Crippen molar-refractivity contribution < 1.29 is 17.9 Å². The largest absolute Gasteiger partial charge is 0.573 e. The molecule has 0 heterocycles. The van der Waals surface area contributed by atoms with Crippen LogP contribution in [0.25, 0.3) is 0 Å². The van der Waals surface area contributed by atoms with Gasteiger partial charge >= 0.3 is 6.36 Å². The van der Waals surface area contributed by atoms with Crippen LogP contribution in [0.1, 0.15) is 6.92 Å². The molecule has 0 aliphatic rings. The minimum Gasteiger partial charge on any atom is -0.405 e. The third-order valence-electron chi connectivity index (χ3n) is 1.75. The van der Waals surface area contributed by atoms with E-state index < -0.39 is 6.36 Å². The Morgan fingerprint density at radius 2 is 2.11 bits per heavy atom. The molecular formula is C10H10BrF3N2OS. The summed E-state index contributed by atoms with van der Waals surface area (Å²) in [5, 5.41) is 6.08. The number of hydrogen-bond acceptors (Lipinski definition) is 2. The van der Waals surface area contributed by atoms with Gasteiger partial charge in [-0.2, -0.15) is 0 Å². The molecule has 1 rings (SSSR count). The molecule has 0 amide bonds. The van der Waals surface area contributed by atoms with Crippen molar-refractivity contribution in [3.8, 4) is 5.75 Å². The first-order chi connectivity index (χ1) is 8.31. The van der Waals surface area contributed by atoms with Crippen molar-refractivity contribution in [1.82, 2.24) is 5.32 Å². The quantitative estimate of drug-likeness (QED) is 0.821. The van der Waals surface area contributed by atoms with Crippen molar-refractivity contribution in [3.05, 3.63) is 22.7 Å². The smallest absolute Gasteiger partial charge is 0.405 e. The Kier molecular flexibility index (Phi) is 5.21. The van der Waals surface area contributed by atoms with Crippen LogP contribution in [0, 0.1) is 0 Å². The van der Waals surface area contributed by atoms with Crippen LogP contribution in [-0.4, -0.2) is 18.0 Å². The number of alkyl halides is 3. The maximum absolute atomic E-state index is 12.0. The van der Waals surface area contributed by atoms with Crippen LogP contribution in [0.15, 0.2) is 22.7 Å². The third-order valence-corrected chi connectivity index (χ3v) is 2.62. The summed E-state index contributed by atoms with van der Waals surface area (Å²) in [6.45, 7) is 2.53. The normalized spacial score (nSPS) is 10.9. The molecule has 0 unspecified atom stereocenters. The SMILES string of the molecule is CCNC(=S)Nc1ccc(OC(F)(F)F)c(Br)c1. The molecule has 0 fully saturated rings. The number of anilines is 1. The van der Waals surface area contributed by atoms with Gasteiger partial charge in [-0.3, -0.25) is 0 Å². The van der Waals surface area contributed by atoms with Gasteiger partial charge in [0.25, 0.3) is 0 Å². The Morgan fingerprint density at radius 1 is 1.44 bits per heavy atom. The van der Waals surface area contributed by atoms with Gasteiger partial charge in [0.05, 0.1) is 4.47 Å². The van der Waals surface area contributed by atoms with Crippen LogP contribution in [0.3, 0.4) is 0 Å². The first-order valence-corrected chi connectivity index (χ1v) is 6.12. The Balaban J connectivity index is 2.76. The highest BCUT2D eigenvalue weighted by atomic mass is 79.9. The van der Waals surface area contributed by atoms with E-state index in [0.717, 1.165) is 0 Å². The number of halogens is 4. The highest BCUT2D eigenvalue weighted by Crippen LogP contribution is 2.32. The average molecular weight is 343 g/mol. The third kappa shape index (κ3) is 5.09. The molecule has 1 aromatic rings. The number of hydrogen-bond donors (Lipinski definition) is 2. The maximum Gasteiger partial charge on any atom is 0.573 e. The predicted molar refractivity (Wildman–Crippen MR) is 70.7 cm³/mol. The van der Waals surface area contributed by atoms with Crippen LogP contribution < -0.4 is 15.4 Å². The Bertz CT molecular complexity index is 440. The molecule has 0 aliphatic carbocycles. The van der Waals surface area contributed by atoms with Crippen molar-refractivity contribution in [2.24, 2.45) is 0 Å². The van der Waals surface area contributed by atoms with E-state index in [2.05, 4.69) is 31.3 Å². The molecule has 2 N–H and O–H groups in total. The van der Waals surface area contributed by atoms with Crippen molar-refractivity contribution in [1.29, 1.82) is 0 Å².